The Morgan fingerprint density at radius 1 is 1.03 bits per heavy atom. The highest BCUT2D eigenvalue weighted by Crippen LogP contribution is 2.32. The molecular weight excluding hydrogens is 530 g/mol. The third-order valence-corrected chi connectivity index (χ3v) is 7.32. The summed E-state index contributed by atoms with van der Waals surface area (Å²) in [5.41, 5.74) is 3.65. The van der Waals surface area contributed by atoms with Crippen LogP contribution in [-0.2, 0) is 6.61 Å². The predicted molar refractivity (Wildman–Crippen MR) is 151 cm³/mol. The van der Waals surface area contributed by atoms with Gasteiger partial charge in [-0.2, -0.15) is 9.78 Å². The molecule has 6 nitrogen and oxygen atoms in total. The van der Waals surface area contributed by atoms with Crippen LogP contribution in [0.25, 0.3) is 10.9 Å². The first-order valence-electron chi connectivity index (χ1n) is 12.6. The van der Waals surface area contributed by atoms with Crippen molar-refractivity contribution in [2.45, 2.75) is 51.6 Å². The molecule has 1 saturated carbocycles. The van der Waals surface area contributed by atoms with E-state index < -0.39 is 0 Å². The van der Waals surface area contributed by atoms with E-state index in [1.165, 1.54) is 16.7 Å². The standard InChI is InChI=1S/C30H30BrN3O3/c1-20-8-10-21(11-9-20)19-37-27-15-12-22(16-28(27)36-2)18-32-34-29(23-6-4-3-5-7-23)33-26-14-13-24(31)17-25(26)30(34)35/h8-18,23H,3-7,19H2,1-2H3. The number of aryl methyl sites for hydroxylation is 1. The molecule has 0 saturated heterocycles. The summed E-state index contributed by atoms with van der Waals surface area (Å²) in [4.78, 5) is 18.4. The van der Waals surface area contributed by atoms with Crippen molar-refractivity contribution in [2.24, 2.45) is 5.10 Å². The van der Waals surface area contributed by atoms with Crippen LogP contribution in [0.3, 0.4) is 0 Å². The minimum atomic E-state index is -0.159. The van der Waals surface area contributed by atoms with Crippen molar-refractivity contribution >= 4 is 33.0 Å². The Kier molecular flexibility index (Phi) is 7.70. The Morgan fingerprint density at radius 2 is 1.81 bits per heavy atom. The molecule has 3 aromatic carbocycles. The number of aromatic nitrogens is 2. The van der Waals surface area contributed by atoms with Gasteiger partial charge in [0.05, 0.1) is 24.2 Å². The smallest absolute Gasteiger partial charge is 0.282 e. The summed E-state index contributed by atoms with van der Waals surface area (Å²) in [7, 11) is 1.62. The summed E-state index contributed by atoms with van der Waals surface area (Å²) >= 11 is 3.48. The normalized spacial score (nSPS) is 14.4. The van der Waals surface area contributed by atoms with Crippen LogP contribution in [0.1, 0.15) is 60.5 Å². The molecule has 0 N–H and O–H groups in total. The van der Waals surface area contributed by atoms with Crippen LogP contribution < -0.4 is 15.0 Å². The first-order valence-corrected chi connectivity index (χ1v) is 13.4. The molecule has 0 amide bonds. The average Bonchev–Trinajstić information content (AvgIpc) is 2.93. The van der Waals surface area contributed by atoms with Gasteiger partial charge in [-0.3, -0.25) is 4.79 Å². The molecular formula is C30H30BrN3O3. The van der Waals surface area contributed by atoms with Gasteiger partial charge in [0.1, 0.15) is 12.4 Å². The van der Waals surface area contributed by atoms with Gasteiger partial charge in [-0.25, -0.2) is 4.98 Å². The van der Waals surface area contributed by atoms with Gasteiger partial charge in [0.15, 0.2) is 11.5 Å². The molecule has 5 rings (SSSR count). The summed E-state index contributed by atoms with van der Waals surface area (Å²) < 4.78 is 13.9. The highest BCUT2D eigenvalue weighted by Gasteiger charge is 2.22. The Morgan fingerprint density at radius 3 is 2.57 bits per heavy atom. The highest BCUT2D eigenvalue weighted by molar-refractivity contribution is 9.10. The summed E-state index contributed by atoms with van der Waals surface area (Å²) in [6.45, 7) is 2.51. The number of nitrogens with zero attached hydrogens (tertiary/aromatic N) is 3. The summed E-state index contributed by atoms with van der Waals surface area (Å²) in [5.74, 6) is 2.22. The molecule has 0 bridgehead atoms. The molecule has 0 radical (unpaired) electrons. The number of benzene rings is 3. The molecule has 0 aliphatic heterocycles. The van der Waals surface area contributed by atoms with Crippen molar-refractivity contribution < 1.29 is 9.47 Å². The van der Waals surface area contributed by atoms with Crippen LogP contribution in [0.2, 0.25) is 0 Å². The van der Waals surface area contributed by atoms with E-state index in [1.54, 1.807) is 13.3 Å². The van der Waals surface area contributed by atoms with E-state index in [-0.39, 0.29) is 11.5 Å². The monoisotopic (exact) mass is 559 g/mol. The van der Waals surface area contributed by atoms with E-state index >= 15 is 0 Å². The number of hydrogen-bond donors (Lipinski definition) is 0. The van der Waals surface area contributed by atoms with Gasteiger partial charge in [0.2, 0.25) is 0 Å². The van der Waals surface area contributed by atoms with Crippen LogP contribution in [0.5, 0.6) is 11.5 Å². The van der Waals surface area contributed by atoms with E-state index in [1.807, 2.05) is 36.4 Å². The summed E-state index contributed by atoms with van der Waals surface area (Å²) in [6.07, 6.45) is 7.23. The molecule has 1 fully saturated rings. The molecule has 7 heteroatoms. The zero-order chi connectivity index (χ0) is 25.8. The first kappa shape index (κ1) is 25.2. The number of halogens is 1. The molecule has 0 unspecified atom stereocenters. The molecule has 190 valence electrons. The van der Waals surface area contributed by atoms with Gasteiger partial charge in [-0.1, -0.05) is 65.0 Å². The van der Waals surface area contributed by atoms with Crippen molar-refractivity contribution in [3.05, 3.63) is 98.0 Å². The summed E-state index contributed by atoms with van der Waals surface area (Å²) in [5, 5.41) is 5.19. The first-order chi connectivity index (χ1) is 18.0. The van der Waals surface area contributed by atoms with Gasteiger partial charge in [-0.05, 0) is 67.3 Å². The number of fused-ring (bicyclic) bond motifs is 1. The fourth-order valence-electron chi connectivity index (χ4n) is 4.76. The fourth-order valence-corrected chi connectivity index (χ4v) is 5.12. The van der Waals surface area contributed by atoms with Crippen molar-refractivity contribution in [1.29, 1.82) is 0 Å². The highest BCUT2D eigenvalue weighted by atomic mass is 79.9. The predicted octanol–water partition coefficient (Wildman–Crippen LogP) is 6.98. The molecule has 0 spiro atoms. The SMILES string of the molecule is COc1cc(C=Nn2c(C3CCCCC3)nc3ccc(Br)cc3c2=O)ccc1OCc1ccc(C)cc1. The van der Waals surface area contributed by atoms with Gasteiger partial charge in [0, 0.05) is 10.4 Å². The number of hydrogen-bond acceptors (Lipinski definition) is 5. The third kappa shape index (κ3) is 5.77. The van der Waals surface area contributed by atoms with Gasteiger partial charge >= 0.3 is 0 Å². The lowest BCUT2D eigenvalue weighted by Gasteiger charge is -2.22. The minimum Gasteiger partial charge on any atom is -0.493 e. The van der Waals surface area contributed by atoms with Gasteiger partial charge in [-0.15, -0.1) is 0 Å². The van der Waals surface area contributed by atoms with Crippen molar-refractivity contribution in [3.8, 4) is 11.5 Å². The fraction of sp³-hybridized carbons (Fsp3) is 0.300. The van der Waals surface area contributed by atoms with Crippen LogP contribution >= 0.6 is 15.9 Å². The second-order valence-electron chi connectivity index (χ2n) is 9.51. The van der Waals surface area contributed by atoms with Crippen molar-refractivity contribution in [2.75, 3.05) is 7.11 Å². The number of ether oxygens (including phenoxy) is 2. The average molecular weight is 560 g/mol. The molecule has 0 atom stereocenters. The zero-order valence-electron chi connectivity index (χ0n) is 21.1. The lowest BCUT2D eigenvalue weighted by molar-refractivity contribution is 0.284. The van der Waals surface area contributed by atoms with E-state index in [4.69, 9.17) is 14.5 Å². The number of rotatable bonds is 7. The van der Waals surface area contributed by atoms with Gasteiger partial charge in [0.25, 0.3) is 5.56 Å². The van der Waals surface area contributed by atoms with E-state index in [0.29, 0.717) is 29.0 Å². The summed E-state index contributed by atoms with van der Waals surface area (Å²) in [6, 6.07) is 19.5. The maximum atomic E-state index is 13.5. The quantitative estimate of drug-likeness (QED) is 0.229. The number of methoxy groups -OCH3 is 1. The van der Waals surface area contributed by atoms with Crippen molar-refractivity contribution in [3.63, 3.8) is 0 Å². The Balaban J connectivity index is 1.45. The topological polar surface area (TPSA) is 65.7 Å². The van der Waals surface area contributed by atoms with Gasteiger partial charge < -0.3 is 9.47 Å². The third-order valence-electron chi connectivity index (χ3n) is 6.83. The van der Waals surface area contributed by atoms with Crippen LogP contribution in [0.15, 0.2) is 75.0 Å². The molecule has 37 heavy (non-hydrogen) atoms. The van der Waals surface area contributed by atoms with E-state index in [9.17, 15) is 4.79 Å². The molecule has 1 heterocycles. The van der Waals surface area contributed by atoms with E-state index in [2.05, 4.69) is 52.2 Å². The molecule has 4 aromatic rings. The van der Waals surface area contributed by atoms with Crippen LogP contribution in [-0.4, -0.2) is 23.0 Å². The minimum absolute atomic E-state index is 0.159. The largest absolute Gasteiger partial charge is 0.493 e. The van der Waals surface area contributed by atoms with E-state index in [0.717, 1.165) is 47.1 Å². The Bertz CT molecular complexity index is 1490. The lowest BCUT2D eigenvalue weighted by atomic mass is 9.88. The maximum Gasteiger partial charge on any atom is 0.282 e. The van der Waals surface area contributed by atoms with Crippen LogP contribution in [0, 0.1) is 6.92 Å². The molecule has 1 aliphatic rings. The second kappa shape index (κ2) is 11.3. The molecule has 1 aromatic heterocycles. The molecule has 1 aliphatic carbocycles. The zero-order valence-corrected chi connectivity index (χ0v) is 22.7. The lowest BCUT2D eigenvalue weighted by Crippen LogP contribution is -2.25. The second-order valence-corrected chi connectivity index (χ2v) is 10.4. The van der Waals surface area contributed by atoms with Crippen molar-refractivity contribution in [1.82, 2.24) is 9.66 Å². The Hall–Kier alpha value is -3.45. The Labute approximate surface area is 225 Å². The maximum absolute atomic E-state index is 13.5. The van der Waals surface area contributed by atoms with Crippen LogP contribution in [0.4, 0.5) is 0 Å².